The number of nitrogens with zero attached hydrogens (tertiary/aromatic N) is 1. The molecule has 1 aromatic rings. The zero-order valence-corrected chi connectivity index (χ0v) is 15.1. The second-order valence-corrected chi connectivity index (χ2v) is 7.37. The van der Waals surface area contributed by atoms with Crippen LogP contribution in [0.4, 0.5) is 4.39 Å². The summed E-state index contributed by atoms with van der Waals surface area (Å²) >= 11 is 5.84. The van der Waals surface area contributed by atoms with E-state index in [-0.39, 0.29) is 47.7 Å². The van der Waals surface area contributed by atoms with Crippen LogP contribution in [0.25, 0.3) is 0 Å². The van der Waals surface area contributed by atoms with E-state index in [9.17, 15) is 19.2 Å². The van der Waals surface area contributed by atoms with Crippen molar-refractivity contribution in [3.8, 4) is 6.07 Å². The highest BCUT2D eigenvalue weighted by atomic mass is 35.5. The Morgan fingerprint density at radius 3 is 2.81 bits per heavy atom. The molecule has 0 heterocycles. The van der Waals surface area contributed by atoms with Gasteiger partial charge in [-0.1, -0.05) is 17.7 Å². The molecule has 0 radical (unpaired) electrons. The maximum atomic E-state index is 13.4. The van der Waals surface area contributed by atoms with Crippen molar-refractivity contribution in [3.05, 3.63) is 34.6 Å². The van der Waals surface area contributed by atoms with Crippen molar-refractivity contribution in [2.45, 2.75) is 19.8 Å². The van der Waals surface area contributed by atoms with Crippen molar-refractivity contribution in [1.82, 2.24) is 0 Å². The van der Waals surface area contributed by atoms with E-state index >= 15 is 0 Å². The Hall–Kier alpha value is -1.97. The lowest BCUT2D eigenvalue weighted by atomic mass is 9.68. The molecule has 2 fully saturated rings. The van der Waals surface area contributed by atoms with Crippen LogP contribution < -0.4 is 5.73 Å². The topological polar surface area (TPSA) is 93.2 Å². The van der Waals surface area contributed by atoms with Gasteiger partial charge in [0.1, 0.15) is 11.2 Å². The van der Waals surface area contributed by atoms with Gasteiger partial charge in [0.05, 0.1) is 30.2 Å². The number of ketones is 1. The second-order valence-electron chi connectivity index (χ2n) is 6.96. The molecule has 0 aromatic heterocycles. The number of ether oxygens (including phenoxy) is 1. The second kappa shape index (κ2) is 6.98. The van der Waals surface area contributed by atoms with Crippen LogP contribution in [0.5, 0.6) is 0 Å². The highest BCUT2D eigenvalue weighted by Crippen LogP contribution is 2.69. The van der Waals surface area contributed by atoms with E-state index < -0.39 is 17.2 Å². The van der Waals surface area contributed by atoms with E-state index in [1.165, 1.54) is 12.1 Å². The zero-order valence-electron chi connectivity index (χ0n) is 14.4. The van der Waals surface area contributed by atoms with Crippen LogP contribution in [-0.4, -0.2) is 24.9 Å². The van der Waals surface area contributed by atoms with Crippen LogP contribution in [0.1, 0.15) is 18.9 Å². The first-order chi connectivity index (χ1) is 12.4. The Morgan fingerprint density at radius 1 is 1.50 bits per heavy atom. The SMILES string of the molecule is CCOC(=O)[C@H]1[C@@H]2C[C@@H](Cc3ccc(F)c(Cl)c3)[C@](C#N)(C(=O)CN)[C@@H]21. The lowest BCUT2D eigenvalue weighted by Crippen LogP contribution is -2.43. The summed E-state index contributed by atoms with van der Waals surface area (Å²) in [4.78, 5) is 24.8. The predicted molar refractivity (Wildman–Crippen MR) is 92.4 cm³/mol. The van der Waals surface area contributed by atoms with Crippen molar-refractivity contribution in [3.63, 3.8) is 0 Å². The van der Waals surface area contributed by atoms with Gasteiger partial charge in [0.2, 0.25) is 0 Å². The van der Waals surface area contributed by atoms with Gasteiger partial charge in [-0.05, 0) is 49.3 Å². The molecule has 2 saturated carbocycles. The third-order valence-electron chi connectivity index (χ3n) is 5.75. The maximum Gasteiger partial charge on any atom is 0.309 e. The van der Waals surface area contributed by atoms with Crippen LogP contribution >= 0.6 is 11.6 Å². The molecule has 0 aliphatic heterocycles. The number of carbonyl (C=O) groups is 2. The van der Waals surface area contributed by atoms with E-state index in [1.807, 2.05) is 0 Å². The molecule has 2 aliphatic carbocycles. The summed E-state index contributed by atoms with van der Waals surface area (Å²) in [6.07, 6.45) is 0.963. The minimum absolute atomic E-state index is 0.00256. The molecule has 0 spiro atoms. The number of hydrogen-bond donors (Lipinski definition) is 1. The number of hydrogen-bond acceptors (Lipinski definition) is 5. The standard InChI is InChI=1S/C19H20ClFN2O3/c1-2-26-18(25)16-12-7-11(5-10-3-4-14(21)13(20)6-10)19(9-23,17(12)16)15(24)8-22/h3-4,6,11-12,16-17H,2,5,7-8,22H2,1H3/t11-,12+,16+,17+,19-/m1/s1. The van der Waals surface area contributed by atoms with Crippen LogP contribution in [0.2, 0.25) is 5.02 Å². The first-order valence-corrected chi connectivity index (χ1v) is 9.03. The summed E-state index contributed by atoms with van der Waals surface area (Å²) in [5, 5.41) is 9.93. The van der Waals surface area contributed by atoms with Crippen molar-refractivity contribution in [2.75, 3.05) is 13.2 Å². The number of carbonyl (C=O) groups excluding carboxylic acids is 2. The van der Waals surface area contributed by atoms with E-state index in [4.69, 9.17) is 22.1 Å². The lowest BCUT2D eigenvalue weighted by Gasteiger charge is -2.31. The van der Waals surface area contributed by atoms with Crippen LogP contribution in [0.15, 0.2) is 18.2 Å². The molecule has 138 valence electrons. The minimum atomic E-state index is -1.31. The van der Waals surface area contributed by atoms with E-state index in [1.54, 1.807) is 13.0 Å². The number of fused-ring (bicyclic) bond motifs is 1. The molecular weight excluding hydrogens is 359 g/mol. The van der Waals surface area contributed by atoms with Gasteiger partial charge in [0, 0.05) is 5.92 Å². The van der Waals surface area contributed by atoms with Gasteiger partial charge < -0.3 is 10.5 Å². The summed E-state index contributed by atoms with van der Waals surface area (Å²) < 4.78 is 18.5. The first-order valence-electron chi connectivity index (χ1n) is 8.65. The Labute approximate surface area is 156 Å². The fraction of sp³-hybridized carbons (Fsp3) is 0.526. The molecule has 2 N–H and O–H groups in total. The number of Topliss-reactive ketones (excluding diaryl/α,β-unsaturated/α-hetero) is 1. The Bertz CT molecular complexity index is 793. The number of esters is 1. The molecule has 0 unspecified atom stereocenters. The Balaban J connectivity index is 1.89. The van der Waals surface area contributed by atoms with Crippen molar-refractivity contribution in [2.24, 2.45) is 34.8 Å². The molecule has 0 bridgehead atoms. The Morgan fingerprint density at radius 2 is 2.23 bits per heavy atom. The van der Waals surface area contributed by atoms with Crippen molar-refractivity contribution < 1.29 is 18.7 Å². The quantitative estimate of drug-likeness (QED) is 0.767. The van der Waals surface area contributed by atoms with Gasteiger partial charge in [-0.15, -0.1) is 0 Å². The summed E-state index contributed by atoms with van der Waals surface area (Å²) in [5.41, 5.74) is 5.03. The van der Waals surface area contributed by atoms with E-state index in [0.717, 1.165) is 5.56 Å². The van der Waals surface area contributed by atoms with Gasteiger partial charge in [0.25, 0.3) is 0 Å². The summed E-state index contributed by atoms with van der Waals surface area (Å²) in [6.45, 7) is 1.73. The minimum Gasteiger partial charge on any atom is -0.466 e. The first kappa shape index (κ1) is 18.8. The predicted octanol–water partition coefficient (Wildman–Crippen LogP) is 2.50. The molecule has 0 amide bonds. The summed E-state index contributed by atoms with van der Waals surface area (Å²) in [6, 6.07) is 6.58. The number of nitrogens with two attached hydrogens (primary N) is 1. The summed E-state index contributed by atoms with van der Waals surface area (Å²) in [5.74, 6) is -2.33. The molecular formula is C19H20ClFN2O3. The van der Waals surface area contributed by atoms with Crippen molar-refractivity contribution in [1.29, 1.82) is 5.26 Å². The van der Waals surface area contributed by atoms with Crippen LogP contribution in [-0.2, 0) is 20.7 Å². The highest BCUT2D eigenvalue weighted by Gasteiger charge is 2.74. The molecule has 7 heteroatoms. The average molecular weight is 379 g/mol. The van der Waals surface area contributed by atoms with Crippen LogP contribution in [0, 0.1) is 46.2 Å². The normalized spacial score (nSPS) is 31.8. The lowest BCUT2D eigenvalue weighted by molar-refractivity contribution is -0.146. The number of halogens is 2. The zero-order chi connectivity index (χ0) is 19.1. The number of benzene rings is 1. The fourth-order valence-electron chi connectivity index (χ4n) is 4.64. The molecule has 5 nitrogen and oxygen atoms in total. The largest absolute Gasteiger partial charge is 0.466 e. The molecule has 5 atom stereocenters. The van der Waals surface area contributed by atoms with Gasteiger partial charge in [-0.25, -0.2) is 4.39 Å². The van der Waals surface area contributed by atoms with Gasteiger partial charge >= 0.3 is 5.97 Å². The van der Waals surface area contributed by atoms with Gasteiger partial charge in [-0.3, -0.25) is 9.59 Å². The molecule has 0 saturated heterocycles. The molecule has 3 rings (SSSR count). The molecule has 1 aromatic carbocycles. The smallest absolute Gasteiger partial charge is 0.309 e. The maximum absolute atomic E-state index is 13.4. The van der Waals surface area contributed by atoms with Gasteiger partial charge in [-0.2, -0.15) is 5.26 Å². The third kappa shape index (κ3) is 2.80. The molecule has 2 aliphatic rings. The van der Waals surface area contributed by atoms with Crippen LogP contribution in [0.3, 0.4) is 0 Å². The third-order valence-corrected chi connectivity index (χ3v) is 6.04. The van der Waals surface area contributed by atoms with Crippen molar-refractivity contribution >= 4 is 23.4 Å². The molecule has 26 heavy (non-hydrogen) atoms. The van der Waals surface area contributed by atoms with Gasteiger partial charge in [0.15, 0.2) is 5.78 Å². The summed E-state index contributed by atoms with van der Waals surface area (Å²) in [7, 11) is 0. The monoisotopic (exact) mass is 378 g/mol. The number of rotatable bonds is 6. The van der Waals surface area contributed by atoms with E-state index in [2.05, 4.69) is 6.07 Å². The number of nitriles is 1. The Kier molecular flexibility index (Phi) is 5.05. The fourth-order valence-corrected chi connectivity index (χ4v) is 4.84. The van der Waals surface area contributed by atoms with E-state index in [0.29, 0.717) is 12.8 Å². The highest BCUT2D eigenvalue weighted by molar-refractivity contribution is 6.30. The average Bonchev–Trinajstić information content (AvgIpc) is 3.24.